The Morgan fingerprint density at radius 3 is 2.33 bits per heavy atom. The van der Waals surface area contributed by atoms with Crippen molar-refractivity contribution >= 4 is 5.95 Å². The summed E-state index contributed by atoms with van der Waals surface area (Å²) < 4.78 is 0. The first-order valence-corrected chi connectivity index (χ1v) is 8.00. The van der Waals surface area contributed by atoms with Crippen molar-refractivity contribution in [1.82, 2.24) is 20.2 Å². The molecule has 2 rings (SSSR count). The van der Waals surface area contributed by atoms with Crippen molar-refractivity contribution < 1.29 is 0 Å². The van der Waals surface area contributed by atoms with Crippen molar-refractivity contribution in [3.05, 3.63) is 18.5 Å². The Balaban J connectivity index is 1.59. The predicted octanol–water partition coefficient (Wildman–Crippen LogP) is 1.62. The lowest BCUT2D eigenvalue weighted by atomic mass is 9.92. The molecule has 1 aliphatic heterocycles. The zero-order chi connectivity index (χ0) is 15.1. The Morgan fingerprint density at radius 1 is 1.05 bits per heavy atom. The van der Waals surface area contributed by atoms with Crippen molar-refractivity contribution in [2.24, 2.45) is 5.41 Å². The third kappa shape index (κ3) is 5.98. The van der Waals surface area contributed by atoms with Gasteiger partial charge in [-0.3, -0.25) is 4.90 Å². The summed E-state index contributed by atoms with van der Waals surface area (Å²) >= 11 is 0. The van der Waals surface area contributed by atoms with E-state index in [2.05, 4.69) is 45.9 Å². The van der Waals surface area contributed by atoms with Crippen LogP contribution in [0.25, 0.3) is 0 Å². The molecule has 5 nitrogen and oxygen atoms in total. The van der Waals surface area contributed by atoms with Crippen LogP contribution in [-0.4, -0.2) is 60.7 Å². The van der Waals surface area contributed by atoms with Crippen molar-refractivity contribution in [3.63, 3.8) is 0 Å². The van der Waals surface area contributed by atoms with E-state index in [0.717, 1.165) is 51.8 Å². The molecular weight excluding hydrogens is 262 g/mol. The van der Waals surface area contributed by atoms with E-state index in [9.17, 15) is 0 Å². The van der Waals surface area contributed by atoms with Gasteiger partial charge < -0.3 is 10.2 Å². The lowest BCUT2D eigenvalue weighted by Crippen LogP contribution is -2.48. The SMILES string of the molecule is CC(C)(C)CCNCCN1CCN(c2ncccn2)CC1. The van der Waals surface area contributed by atoms with Gasteiger partial charge in [-0.05, 0) is 24.4 Å². The standard InChI is InChI=1S/C16H29N5/c1-16(2,3)5-8-17-9-10-20-11-13-21(14-12-20)15-18-6-4-7-19-15/h4,6-7,17H,5,8-14H2,1-3H3. The first-order valence-electron chi connectivity index (χ1n) is 8.00. The van der Waals surface area contributed by atoms with Crippen LogP contribution in [0.1, 0.15) is 27.2 Å². The maximum Gasteiger partial charge on any atom is 0.225 e. The molecule has 1 saturated heterocycles. The molecule has 0 amide bonds. The number of nitrogens with zero attached hydrogens (tertiary/aromatic N) is 4. The second-order valence-corrected chi connectivity index (χ2v) is 6.94. The van der Waals surface area contributed by atoms with Crippen LogP contribution >= 0.6 is 0 Å². The fourth-order valence-electron chi connectivity index (χ4n) is 2.45. The fourth-order valence-corrected chi connectivity index (χ4v) is 2.45. The van der Waals surface area contributed by atoms with Crippen LogP contribution in [0.5, 0.6) is 0 Å². The third-order valence-corrected chi connectivity index (χ3v) is 3.86. The first-order chi connectivity index (χ1) is 10.0. The van der Waals surface area contributed by atoms with Gasteiger partial charge in [-0.2, -0.15) is 0 Å². The molecule has 0 saturated carbocycles. The normalized spacial score (nSPS) is 17.2. The van der Waals surface area contributed by atoms with Gasteiger partial charge in [-0.15, -0.1) is 0 Å². The molecule has 1 aromatic rings. The third-order valence-electron chi connectivity index (χ3n) is 3.86. The second-order valence-electron chi connectivity index (χ2n) is 6.94. The Morgan fingerprint density at radius 2 is 1.71 bits per heavy atom. The summed E-state index contributed by atoms with van der Waals surface area (Å²) in [6.45, 7) is 14.4. The maximum absolute atomic E-state index is 4.32. The van der Waals surface area contributed by atoms with E-state index in [0.29, 0.717) is 5.41 Å². The van der Waals surface area contributed by atoms with Crippen LogP contribution in [-0.2, 0) is 0 Å². The maximum atomic E-state index is 4.32. The number of rotatable bonds is 6. The van der Waals surface area contributed by atoms with Crippen molar-refractivity contribution in [2.45, 2.75) is 27.2 Å². The van der Waals surface area contributed by atoms with E-state index in [4.69, 9.17) is 0 Å². The van der Waals surface area contributed by atoms with Gasteiger partial charge in [0.25, 0.3) is 0 Å². The minimum absolute atomic E-state index is 0.425. The molecule has 0 unspecified atom stereocenters. The molecule has 0 bridgehead atoms. The Labute approximate surface area is 128 Å². The summed E-state index contributed by atoms with van der Waals surface area (Å²) in [6.07, 6.45) is 4.85. The molecular formula is C16H29N5. The first kappa shape index (κ1) is 16.2. The summed E-state index contributed by atoms with van der Waals surface area (Å²) in [5.74, 6) is 0.862. The molecule has 1 N–H and O–H groups in total. The van der Waals surface area contributed by atoms with Crippen LogP contribution in [0.2, 0.25) is 0 Å². The molecule has 0 spiro atoms. The van der Waals surface area contributed by atoms with Crippen molar-refractivity contribution in [3.8, 4) is 0 Å². The van der Waals surface area contributed by atoms with Crippen LogP contribution < -0.4 is 10.2 Å². The Bertz CT molecular complexity index is 393. The van der Waals surface area contributed by atoms with Crippen LogP contribution in [0.3, 0.4) is 0 Å². The lowest BCUT2D eigenvalue weighted by molar-refractivity contribution is 0.254. The highest BCUT2D eigenvalue weighted by atomic mass is 15.3. The fraction of sp³-hybridized carbons (Fsp3) is 0.750. The molecule has 2 heterocycles. The second kappa shape index (κ2) is 7.71. The monoisotopic (exact) mass is 291 g/mol. The van der Waals surface area contributed by atoms with E-state index < -0.39 is 0 Å². The number of hydrogen-bond acceptors (Lipinski definition) is 5. The van der Waals surface area contributed by atoms with Gasteiger partial charge >= 0.3 is 0 Å². The molecule has 0 radical (unpaired) electrons. The highest BCUT2D eigenvalue weighted by molar-refractivity contribution is 5.29. The van der Waals surface area contributed by atoms with Gasteiger partial charge in [0, 0.05) is 51.7 Å². The summed E-state index contributed by atoms with van der Waals surface area (Å²) in [5, 5.41) is 3.55. The minimum Gasteiger partial charge on any atom is -0.338 e. The summed E-state index contributed by atoms with van der Waals surface area (Å²) in [4.78, 5) is 13.4. The smallest absolute Gasteiger partial charge is 0.225 e. The van der Waals surface area contributed by atoms with E-state index >= 15 is 0 Å². The van der Waals surface area contributed by atoms with Gasteiger partial charge in [0.1, 0.15) is 0 Å². The quantitative estimate of drug-likeness (QED) is 0.807. The zero-order valence-electron chi connectivity index (χ0n) is 13.7. The van der Waals surface area contributed by atoms with Crippen molar-refractivity contribution in [1.29, 1.82) is 0 Å². The summed E-state index contributed by atoms with van der Waals surface area (Å²) in [6, 6.07) is 1.86. The Hall–Kier alpha value is -1.20. The molecule has 1 aliphatic rings. The van der Waals surface area contributed by atoms with Crippen molar-refractivity contribution in [2.75, 3.05) is 50.7 Å². The minimum atomic E-state index is 0.425. The number of aromatic nitrogens is 2. The molecule has 118 valence electrons. The van der Waals surface area contributed by atoms with E-state index in [1.165, 1.54) is 6.42 Å². The Kier molecular flexibility index (Phi) is 5.94. The van der Waals surface area contributed by atoms with Gasteiger partial charge in [-0.25, -0.2) is 9.97 Å². The van der Waals surface area contributed by atoms with Crippen LogP contribution in [0.15, 0.2) is 18.5 Å². The molecule has 0 aliphatic carbocycles. The van der Waals surface area contributed by atoms with Gasteiger partial charge in [0.2, 0.25) is 5.95 Å². The van der Waals surface area contributed by atoms with Gasteiger partial charge in [-0.1, -0.05) is 20.8 Å². The zero-order valence-corrected chi connectivity index (χ0v) is 13.7. The van der Waals surface area contributed by atoms with E-state index in [-0.39, 0.29) is 0 Å². The number of hydrogen-bond donors (Lipinski definition) is 1. The van der Waals surface area contributed by atoms with E-state index in [1.54, 1.807) is 0 Å². The van der Waals surface area contributed by atoms with Gasteiger partial charge in [0.05, 0.1) is 0 Å². The molecule has 21 heavy (non-hydrogen) atoms. The highest BCUT2D eigenvalue weighted by Gasteiger charge is 2.18. The number of nitrogens with one attached hydrogen (secondary N) is 1. The summed E-state index contributed by atoms with van der Waals surface area (Å²) in [7, 11) is 0. The molecule has 0 aromatic carbocycles. The topological polar surface area (TPSA) is 44.3 Å². The predicted molar refractivity (Wildman–Crippen MR) is 87.6 cm³/mol. The number of piperazine rings is 1. The largest absolute Gasteiger partial charge is 0.338 e. The average molecular weight is 291 g/mol. The molecule has 1 fully saturated rings. The van der Waals surface area contributed by atoms with Crippen LogP contribution in [0, 0.1) is 5.41 Å². The highest BCUT2D eigenvalue weighted by Crippen LogP contribution is 2.16. The van der Waals surface area contributed by atoms with Gasteiger partial charge in [0.15, 0.2) is 0 Å². The van der Waals surface area contributed by atoms with Crippen LogP contribution in [0.4, 0.5) is 5.95 Å². The number of anilines is 1. The summed E-state index contributed by atoms with van der Waals surface area (Å²) in [5.41, 5.74) is 0.425. The average Bonchev–Trinajstić information content (AvgIpc) is 2.47. The molecule has 0 atom stereocenters. The van der Waals surface area contributed by atoms with E-state index in [1.807, 2.05) is 18.5 Å². The molecule has 5 heteroatoms. The molecule has 1 aromatic heterocycles. The lowest BCUT2D eigenvalue weighted by Gasteiger charge is -2.34.